The molecule has 112 valence electrons. The third-order valence-electron chi connectivity index (χ3n) is 3.93. The van der Waals surface area contributed by atoms with E-state index in [1.165, 1.54) is 0 Å². The van der Waals surface area contributed by atoms with Crippen LogP contribution in [0.4, 0.5) is 5.69 Å². The van der Waals surface area contributed by atoms with Crippen LogP contribution in [0.3, 0.4) is 0 Å². The van der Waals surface area contributed by atoms with E-state index in [-0.39, 0.29) is 18.2 Å². The van der Waals surface area contributed by atoms with Crippen LogP contribution in [0, 0.1) is 29.6 Å². The lowest BCUT2D eigenvalue weighted by Gasteiger charge is -2.28. The van der Waals surface area contributed by atoms with E-state index in [0.29, 0.717) is 11.3 Å². The topological polar surface area (TPSA) is 90.2 Å². The van der Waals surface area contributed by atoms with Crippen molar-refractivity contribution < 1.29 is 14.7 Å². The average molecular weight is 288 g/mol. The molecular formula is C16H20N2O3. The van der Waals surface area contributed by atoms with Gasteiger partial charge < -0.3 is 10.4 Å². The third kappa shape index (κ3) is 3.82. The van der Waals surface area contributed by atoms with Crippen molar-refractivity contribution in [1.29, 1.82) is 5.26 Å². The summed E-state index contributed by atoms with van der Waals surface area (Å²) in [7, 11) is 0. The van der Waals surface area contributed by atoms with E-state index in [2.05, 4.69) is 5.32 Å². The van der Waals surface area contributed by atoms with Gasteiger partial charge in [0.1, 0.15) is 0 Å². The van der Waals surface area contributed by atoms with E-state index < -0.39 is 11.4 Å². The highest BCUT2D eigenvalue weighted by Gasteiger charge is 2.38. The number of carbonyl (C=O) groups is 2. The van der Waals surface area contributed by atoms with Crippen LogP contribution in [0.1, 0.15) is 38.3 Å². The molecule has 1 unspecified atom stereocenters. The zero-order valence-corrected chi connectivity index (χ0v) is 12.7. The first kappa shape index (κ1) is 16.7. The number of benzene rings is 1. The Morgan fingerprint density at radius 1 is 1.43 bits per heavy atom. The van der Waals surface area contributed by atoms with Gasteiger partial charge in [0.15, 0.2) is 0 Å². The number of carboxylic acid groups (broad SMARTS) is 1. The molecule has 1 atom stereocenters. The Bertz CT molecular complexity index is 602. The molecule has 0 aromatic heterocycles. The van der Waals surface area contributed by atoms with Crippen molar-refractivity contribution in [3.05, 3.63) is 29.3 Å². The number of carboxylic acids is 1. The lowest BCUT2D eigenvalue weighted by Crippen LogP contribution is -2.37. The number of nitrogens with zero attached hydrogens (tertiary/aromatic N) is 1. The molecule has 5 nitrogen and oxygen atoms in total. The summed E-state index contributed by atoms with van der Waals surface area (Å²) in [6.07, 6.45) is -0.115. The smallest absolute Gasteiger partial charge is 0.310 e. The maximum Gasteiger partial charge on any atom is 0.310 e. The molecule has 0 saturated carbocycles. The van der Waals surface area contributed by atoms with E-state index in [1.807, 2.05) is 13.0 Å². The Morgan fingerprint density at radius 2 is 2.05 bits per heavy atom. The third-order valence-corrected chi connectivity index (χ3v) is 3.93. The molecule has 1 aromatic rings. The van der Waals surface area contributed by atoms with Crippen molar-refractivity contribution >= 4 is 17.6 Å². The quantitative estimate of drug-likeness (QED) is 0.871. The fourth-order valence-corrected chi connectivity index (χ4v) is 1.88. The van der Waals surface area contributed by atoms with Crippen molar-refractivity contribution in [2.45, 2.75) is 34.1 Å². The number of hydrogen-bond acceptors (Lipinski definition) is 3. The number of rotatable bonds is 5. The van der Waals surface area contributed by atoms with Crippen molar-refractivity contribution in [2.24, 2.45) is 11.3 Å². The summed E-state index contributed by atoms with van der Waals surface area (Å²) in [5, 5.41) is 20.9. The molecule has 1 aromatic carbocycles. The standard InChI is InChI=1S/C16H20N2O3/c1-10(2)16(4,15(20)21)8-14(19)18-13-7-12(9-17)6-5-11(13)3/h5-7,10H,8H2,1-4H3,(H,18,19)(H,20,21). The van der Waals surface area contributed by atoms with Gasteiger partial charge >= 0.3 is 5.97 Å². The highest BCUT2D eigenvalue weighted by atomic mass is 16.4. The lowest BCUT2D eigenvalue weighted by atomic mass is 9.76. The first-order valence-corrected chi connectivity index (χ1v) is 6.74. The SMILES string of the molecule is Cc1ccc(C#N)cc1NC(=O)CC(C)(C(=O)O)C(C)C. The first-order chi connectivity index (χ1) is 9.70. The number of aryl methyl sites for hydroxylation is 1. The fraction of sp³-hybridized carbons (Fsp3) is 0.438. The predicted molar refractivity (Wildman–Crippen MR) is 79.7 cm³/mol. The van der Waals surface area contributed by atoms with Gasteiger partial charge in [-0.1, -0.05) is 19.9 Å². The molecule has 0 aliphatic carbocycles. The Kier molecular flexibility index (Phi) is 5.09. The molecular weight excluding hydrogens is 268 g/mol. The number of hydrogen-bond donors (Lipinski definition) is 2. The number of anilines is 1. The number of nitriles is 1. The Balaban J connectivity index is 2.92. The van der Waals surface area contributed by atoms with E-state index >= 15 is 0 Å². The molecule has 0 spiro atoms. The molecule has 1 rings (SSSR count). The van der Waals surface area contributed by atoms with E-state index in [4.69, 9.17) is 5.26 Å². The van der Waals surface area contributed by atoms with Crippen LogP contribution in [-0.2, 0) is 9.59 Å². The van der Waals surface area contributed by atoms with Crippen LogP contribution in [0.15, 0.2) is 18.2 Å². The van der Waals surface area contributed by atoms with Gasteiger partial charge in [0, 0.05) is 12.1 Å². The van der Waals surface area contributed by atoms with Gasteiger partial charge in [0.05, 0.1) is 17.0 Å². The van der Waals surface area contributed by atoms with E-state index in [9.17, 15) is 14.7 Å². The largest absolute Gasteiger partial charge is 0.481 e. The van der Waals surface area contributed by atoms with Crippen LogP contribution in [0.2, 0.25) is 0 Å². The number of carbonyl (C=O) groups excluding carboxylic acids is 1. The predicted octanol–water partition coefficient (Wildman–Crippen LogP) is 2.94. The highest BCUT2D eigenvalue weighted by molar-refractivity contribution is 5.95. The molecule has 0 heterocycles. The van der Waals surface area contributed by atoms with Gasteiger partial charge in [0.25, 0.3) is 0 Å². The first-order valence-electron chi connectivity index (χ1n) is 6.74. The zero-order valence-electron chi connectivity index (χ0n) is 12.7. The summed E-state index contributed by atoms with van der Waals surface area (Å²) < 4.78 is 0. The summed E-state index contributed by atoms with van der Waals surface area (Å²) in [4.78, 5) is 23.5. The Morgan fingerprint density at radius 3 is 2.52 bits per heavy atom. The van der Waals surface area contributed by atoms with Gasteiger partial charge in [0.2, 0.25) is 5.91 Å². The minimum Gasteiger partial charge on any atom is -0.481 e. The molecule has 0 aliphatic rings. The average Bonchev–Trinajstić information content (AvgIpc) is 2.40. The van der Waals surface area contributed by atoms with Crippen molar-refractivity contribution in [1.82, 2.24) is 0 Å². The molecule has 2 N–H and O–H groups in total. The monoisotopic (exact) mass is 288 g/mol. The second-order valence-corrected chi connectivity index (χ2v) is 5.74. The normalized spacial score (nSPS) is 13.3. The van der Waals surface area contributed by atoms with Gasteiger partial charge in [-0.05, 0) is 37.5 Å². The summed E-state index contributed by atoms with van der Waals surface area (Å²) in [5.74, 6) is -1.53. The molecule has 1 amide bonds. The van der Waals surface area contributed by atoms with Crippen molar-refractivity contribution in [3.63, 3.8) is 0 Å². The van der Waals surface area contributed by atoms with Crippen LogP contribution in [0.25, 0.3) is 0 Å². The van der Waals surface area contributed by atoms with Crippen LogP contribution in [-0.4, -0.2) is 17.0 Å². The highest BCUT2D eigenvalue weighted by Crippen LogP contribution is 2.32. The molecule has 0 bridgehead atoms. The van der Waals surface area contributed by atoms with E-state index in [0.717, 1.165) is 5.56 Å². The molecule has 0 aliphatic heterocycles. The summed E-state index contributed by atoms with van der Waals surface area (Å²) >= 11 is 0. The van der Waals surface area contributed by atoms with Crippen LogP contribution < -0.4 is 5.32 Å². The summed E-state index contributed by atoms with van der Waals surface area (Å²) in [6, 6.07) is 7.00. The maximum absolute atomic E-state index is 12.1. The molecule has 0 fully saturated rings. The summed E-state index contributed by atoms with van der Waals surface area (Å²) in [6.45, 7) is 6.94. The second kappa shape index (κ2) is 6.40. The Hall–Kier alpha value is -2.35. The number of aliphatic carboxylic acids is 1. The van der Waals surface area contributed by atoms with Crippen LogP contribution >= 0.6 is 0 Å². The van der Waals surface area contributed by atoms with E-state index in [1.54, 1.807) is 39.0 Å². The summed E-state index contributed by atoms with van der Waals surface area (Å²) in [5.41, 5.74) is 0.686. The maximum atomic E-state index is 12.1. The number of amides is 1. The second-order valence-electron chi connectivity index (χ2n) is 5.74. The lowest BCUT2D eigenvalue weighted by molar-refractivity contribution is -0.153. The zero-order chi connectivity index (χ0) is 16.2. The molecule has 0 saturated heterocycles. The van der Waals surface area contributed by atoms with Crippen LogP contribution in [0.5, 0.6) is 0 Å². The minimum atomic E-state index is -1.12. The molecule has 21 heavy (non-hydrogen) atoms. The fourth-order valence-electron chi connectivity index (χ4n) is 1.88. The van der Waals surface area contributed by atoms with Crippen molar-refractivity contribution in [2.75, 3.05) is 5.32 Å². The van der Waals surface area contributed by atoms with Gasteiger partial charge in [-0.3, -0.25) is 9.59 Å². The van der Waals surface area contributed by atoms with Gasteiger partial charge in [-0.15, -0.1) is 0 Å². The Labute approximate surface area is 124 Å². The molecule has 5 heteroatoms. The molecule has 0 radical (unpaired) electrons. The van der Waals surface area contributed by atoms with Gasteiger partial charge in [-0.25, -0.2) is 0 Å². The number of nitrogens with one attached hydrogen (secondary N) is 1. The van der Waals surface area contributed by atoms with Gasteiger partial charge in [-0.2, -0.15) is 5.26 Å². The minimum absolute atomic E-state index is 0.115. The van der Waals surface area contributed by atoms with Crippen molar-refractivity contribution in [3.8, 4) is 6.07 Å².